The SMILES string of the molecule is CC1CC=C(c2ccc(Cl)c(Cl)c2)NN1S(=O)(=O)c1ccc(I)cc1. The van der Waals surface area contributed by atoms with Gasteiger partial charge in [0.1, 0.15) is 0 Å². The van der Waals surface area contributed by atoms with Gasteiger partial charge in [-0.25, -0.2) is 8.42 Å². The van der Waals surface area contributed by atoms with Crippen molar-refractivity contribution in [3.05, 3.63) is 67.7 Å². The fourth-order valence-electron chi connectivity index (χ4n) is 2.52. The van der Waals surface area contributed by atoms with Gasteiger partial charge in [0.2, 0.25) is 0 Å². The molecule has 132 valence electrons. The lowest BCUT2D eigenvalue weighted by Gasteiger charge is -2.33. The molecule has 1 N–H and O–H groups in total. The minimum Gasteiger partial charge on any atom is -0.305 e. The van der Waals surface area contributed by atoms with E-state index < -0.39 is 10.0 Å². The molecule has 0 saturated carbocycles. The zero-order chi connectivity index (χ0) is 18.2. The second-order valence-corrected chi connectivity index (χ2v) is 9.57. The number of hydrogen-bond acceptors (Lipinski definition) is 3. The highest BCUT2D eigenvalue weighted by Crippen LogP contribution is 2.29. The monoisotopic (exact) mass is 508 g/mol. The van der Waals surface area contributed by atoms with Gasteiger partial charge >= 0.3 is 0 Å². The zero-order valence-corrected chi connectivity index (χ0v) is 17.7. The second-order valence-electron chi connectivity index (χ2n) is 5.70. The summed E-state index contributed by atoms with van der Waals surface area (Å²) in [5.41, 5.74) is 4.49. The number of benzene rings is 2. The first kappa shape index (κ1) is 19.0. The Bertz CT molecular complexity index is 930. The Morgan fingerprint density at radius 2 is 1.80 bits per heavy atom. The van der Waals surface area contributed by atoms with E-state index in [-0.39, 0.29) is 10.9 Å². The fraction of sp³-hybridized carbons (Fsp3) is 0.176. The second kappa shape index (κ2) is 7.44. The molecule has 0 spiro atoms. The lowest BCUT2D eigenvalue weighted by molar-refractivity contribution is 0.285. The van der Waals surface area contributed by atoms with Crippen molar-refractivity contribution in [2.75, 3.05) is 0 Å². The number of halogens is 3. The van der Waals surface area contributed by atoms with E-state index in [0.29, 0.717) is 22.2 Å². The third-order valence-corrected chi connectivity index (χ3v) is 7.19. The van der Waals surface area contributed by atoms with Gasteiger partial charge in [0.15, 0.2) is 0 Å². The fourth-order valence-corrected chi connectivity index (χ4v) is 4.67. The van der Waals surface area contributed by atoms with Crippen LogP contribution in [-0.4, -0.2) is 18.9 Å². The Balaban J connectivity index is 1.94. The summed E-state index contributed by atoms with van der Waals surface area (Å²) >= 11 is 14.2. The van der Waals surface area contributed by atoms with E-state index >= 15 is 0 Å². The zero-order valence-electron chi connectivity index (χ0n) is 13.2. The van der Waals surface area contributed by atoms with Crippen LogP contribution in [0.4, 0.5) is 0 Å². The van der Waals surface area contributed by atoms with Gasteiger partial charge < -0.3 is 5.43 Å². The lowest BCUT2D eigenvalue weighted by atomic mass is 10.1. The predicted molar refractivity (Wildman–Crippen MR) is 110 cm³/mol. The van der Waals surface area contributed by atoms with Crippen LogP contribution in [0.5, 0.6) is 0 Å². The average molecular weight is 509 g/mol. The molecule has 2 aromatic rings. The molecule has 1 atom stereocenters. The Hall–Kier alpha value is -0.800. The van der Waals surface area contributed by atoms with E-state index in [1.807, 2.05) is 13.0 Å². The number of nitrogens with one attached hydrogen (secondary N) is 1. The molecular weight excluding hydrogens is 494 g/mol. The molecule has 0 fully saturated rings. The maximum atomic E-state index is 13.0. The minimum atomic E-state index is -3.67. The standard InChI is InChI=1S/C17H15Cl2IN2O2S/c1-11-2-9-17(12-3-8-15(18)16(19)10-12)21-22(11)25(23,24)14-6-4-13(20)5-7-14/h3-11,21H,2H2,1H3. The highest BCUT2D eigenvalue weighted by Gasteiger charge is 2.32. The highest BCUT2D eigenvalue weighted by molar-refractivity contribution is 14.1. The van der Waals surface area contributed by atoms with Gasteiger partial charge in [0, 0.05) is 15.2 Å². The van der Waals surface area contributed by atoms with Gasteiger partial charge in [-0.1, -0.05) is 35.3 Å². The van der Waals surface area contributed by atoms with Gasteiger partial charge in [-0.15, -0.1) is 4.41 Å². The van der Waals surface area contributed by atoms with Crippen molar-refractivity contribution in [3.8, 4) is 0 Å². The van der Waals surface area contributed by atoms with Crippen LogP contribution >= 0.6 is 45.8 Å². The normalized spacial score (nSPS) is 18.6. The molecule has 2 aromatic carbocycles. The summed E-state index contributed by atoms with van der Waals surface area (Å²) < 4.78 is 28.3. The van der Waals surface area contributed by atoms with E-state index in [4.69, 9.17) is 23.2 Å². The first-order chi connectivity index (χ1) is 11.8. The van der Waals surface area contributed by atoms with Crippen LogP contribution in [0.2, 0.25) is 10.0 Å². The third-order valence-electron chi connectivity index (χ3n) is 3.90. The van der Waals surface area contributed by atoms with Crippen LogP contribution in [-0.2, 0) is 10.0 Å². The summed E-state index contributed by atoms with van der Waals surface area (Å²) in [6.07, 6.45) is 2.55. The van der Waals surface area contributed by atoms with Crippen molar-refractivity contribution in [2.45, 2.75) is 24.3 Å². The predicted octanol–water partition coefficient (Wildman–Crippen LogP) is 4.93. The summed E-state index contributed by atoms with van der Waals surface area (Å²) in [5.74, 6) is 0. The van der Waals surface area contributed by atoms with Gasteiger partial charge in [0.05, 0.1) is 20.6 Å². The minimum absolute atomic E-state index is 0.212. The first-order valence-electron chi connectivity index (χ1n) is 7.51. The largest absolute Gasteiger partial charge is 0.305 e. The van der Waals surface area contributed by atoms with Crippen LogP contribution in [0.3, 0.4) is 0 Å². The molecule has 1 aliphatic heterocycles. The van der Waals surface area contributed by atoms with Crippen LogP contribution in [0.15, 0.2) is 53.4 Å². The van der Waals surface area contributed by atoms with E-state index in [0.717, 1.165) is 9.13 Å². The molecule has 8 heteroatoms. The number of nitrogens with zero attached hydrogens (tertiary/aromatic N) is 1. The molecule has 0 bridgehead atoms. The maximum absolute atomic E-state index is 13.0. The van der Waals surface area contributed by atoms with Crippen LogP contribution < -0.4 is 5.43 Å². The van der Waals surface area contributed by atoms with Gasteiger partial charge in [0.25, 0.3) is 10.0 Å². The molecule has 3 rings (SSSR count). The molecule has 0 saturated heterocycles. The summed E-state index contributed by atoms with van der Waals surface area (Å²) in [7, 11) is -3.67. The first-order valence-corrected chi connectivity index (χ1v) is 10.8. The summed E-state index contributed by atoms with van der Waals surface area (Å²) in [6.45, 7) is 1.86. The molecule has 1 aliphatic rings. The molecule has 0 aromatic heterocycles. The van der Waals surface area contributed by atoms with Gasteiger partial charge in [-0.05, 0) is 72.3 Å². The van der Waals surface area contributed by atoms with E-state index in [1.165, 1.54) is 4.41 Å². The van der Waals surface area contributed by atoms with E-state index in [1.54, 1.807) is 42.5 Å². The van der Waals surface area contributed by atoms with Crippen molar-refractivity contribution >= 4 is 61.5 Å². The molecule has 0 aliphatic carbocycles. The van der Waals surface area contributed by atoms with Crippen LogP contribution in [0, 0.1) is 3.57 Å². The van der Waals surface area contributed by atoms with Gasteiger partial charge in [-0.3, -0.25) is 0 Å². The Morgan fingerprint density at radius 1 is 1.12 bits per heavy atom. The Labute approximate surface area is 171 Å². The quantitative estimate of drug-likeness (QED) is 0.598. The van der Waals surface area contributed by atoms with Crippen LogP contribution in [0.1, 0.15) is 18.9 Å². The summed E-state index contributed by atoms with van der Waals surface area (Å²) in [6, 6.07) is 11.8. The highest BCUT2D eigenvalue weighted by atomic mass is 127. The molecule has 0 radical (unpaired) electrons. The van der Waals surface area contributed by atoms with Crippen LogP contribution in [0.25, 0.3) is 5.70 Å². The molecule has 25 heavy (non-hydrogen) atoms. The van der Waals surface area contributed by atoms with Crippen molar-refractivity contribution in [1.82, 2.24) is 9.84 Å². The number of rotatable bonds is 3. The smallest absolute Gasteiger partial charge is 0.260 e. The van der Waals surface area contributed by atoms with E-state index in [9.17, 15) is 8.42 Å². The number of hydrazine groups is 1. The lowest BCUT2D eigenvalue weighted by Crippen LogP contribution is -2.49. The molecule has 1 heterocycles. The third kappa shape index (κ3) is 3.98. The Morgan fingerprint density at radius 3 is 2.44 bits per heavy atom. The summed E-state index contributed by atoms with van der Waals surface area (Å²) in [4.78, 5) is 0.252. The van der Waals surface area contributed by atoms with Crippen molar-refractivity contribution in [3.63, 3.8) is 0 Å². The van der Waals surface area contributed by atoms with Gasteiger partial charge in [-0.2, -0.15) is 0 Å². The van der Waals surface area contributed by atoms with Crippen molar-refractivity contribution in [1.29, 1.82) is 0 Å². The maximum Gasteiger partial charge on any atom is 0.260 e. The molecule has 1 unspecified atom stereocenters. The van der Waals surface area contributed by atoms with E-state index in [2.05, 4.69) is 28.0 Å². The topological polar surface area (TPSA) is 49.4 Å². The number of hydrogen-bond donors (Lipinski definition) is 1. The van der Waals surface area contributed by atoms with Crippen molar-refractivity contribution in [2.24, 2.45) is 0 Å². The molecular formula is C17H15Cl2IN2O2S. The number of sulfonamides is 1. The molecule has 4 nitrogen and oxygen atoms in total. The summed E-state index contributed by atoms with van der Waals surface area (Å²) in [5, 5.41) is 0.881. The van der Waals surface area contributed by atoms with Crippen molar-refractivity contribution < 1.29 is 8.42 Å². The molecule has 0 amide bonds. The Kier molecular flexibility index (Phi) is 5.65. The average Bonchev–Trinajstić information content (AvgIpc) is 2.58.